The zero-order valence-corrected chi connectivity index (χ0v) is 17.0. The van der Waals surface area contributed by atoms with Crippen LogP contribution in [-0.2, 0) is 0 Å². The van der Waals surface area contributed by atoms with Gasteiger partial charge in [0.05, 0.1) is 19.7 Å². The lowest BCUT2D eigenvalue weighted by atomic mass is 10.2. The summed E-state index contributed by atoms with van der Waals surface area (Å²) in [4.78, 5) is 25.4. The molecule has 1 aliphatic rings. The molecule has 156 valence electrons. The summed E-state index contributed by atoms with van der Waals surface area (Å²) >= 11 is 0. The molecule has 2 amide bonds. The van der Waals surface area contributed by atoms with Gasteiger partial charge in [0.15, 0.2) is 11.5 Å². The van der Waals surface area contributed by atoms with E-state index in [0.717, 1.165) is 5.69 Å². The molecule has 0 aliphatic carbocycles. The number of hydrogen-bond donors (Lipinski definition) is 2. The van der Waals surface area contributed by atoms with Crippen molar-refractivity contribution in [1.29, 1.82) is 0 Å². The van der Waals surface area contributed by atoms with Crippen molar-refractivity contribution in [2.24, 2.45) is 0 Å². The Morgan fingerprint density at radius 1 is 1.00 bits per heavy atom. The fraction of sp³-hybridized carbons (Fsp3) is 0.286. The van der Waals surface area contributed by atoms with E-state index in [-0.39, 0.29) is 6.03 Å². The SMILES string of the molecule is COc1cc2nc(N3CCN(C(=O)Nc4ccccc4)CC3)nc(N)c2cc1OC. The van der Waals surface area contributed by atoms with E-state index in [4.69, 9.17) is 15.2 Å². The first-order valence-electron chi connectivity index (χ1n) is 9.64. The number of piperazine rings is 1. The standard InChI is InChI=1S/C21H24N6O3/c1-29-17-12-15-16(13-18(17)30-2)24-20(25-19(15)22)26-8-10-27(11-9-26)21(28)23-14-6-4-3-5-7-14/h3-7,12-13H,8-11H2,1-2H3,(H,23,28)(H2,22,24,25). The van der Waals surface area contributed by atoms with E-state index in [2.05, 4.69) is 15.3 Å². The zero-order chi connectivity index (χ0) is 21.1. The number of amides is 2. The number of hydrogen-bond acceptors (Lipinski definition) is 7. The summed E-state index contributed by atoms with van der Waals surface area (Å²) in [6, 6.07) is 12.9. The quantitative estimate of drug-likeness (QED) is 0.683. The summed E-state index contributed by atoms with van der Waals surface area (Å²) in [6.45, 7) is 2.35. The van der Waals surface area contributed by atoms with E-state index >= 15 is 0 Å². The average Bonchev–Trinajstić information content (AvgIpc) is 2.79. The highest BCUT2D eigenvalue weighted by atomic mass is 16.5. The molecule has 3 aromatic rings. The third kappa shape index (κ3) is 3.86. The van der Waals surface area contributed by atoms with Crippen molar-refractivity contribution < 1.29 is 14.3 Å². The van der Waals surface area contributed by atoms with Gasteiger partial charge in [-0.3, -0.25) is 0 Å². The highest BCUT2D eigenvalue weighted by Gasteiger charge is 2.23. The van der Waals surface area contributed by atoms with Crippen molar-refractivity contribution >= 4 is 34.4 Å². The Kier molecular flexibility index (Phi) is 5.42. The van der Waals surface area contributed by atoms with Crippen molar-refractivity contribution in [1.82, 2.24) is 14.9 Å². The maximum absolute atomic E-state index is 12.5. The predicted molar refractivity (Wildman–Crippen MR) is 116 cm³/mol. The van der Waals surface area contributed by atoms with Gasteiger partial charge in [0.1, 0.15) is 5.82 Å². The molecule has 4 rings (SSSR count). The lowest BCUT2D eigenvalue weighted by Gasteiger charge is -2.34. The van der Waals surface area contributed by atoms with Crippen LogP contribution >= 0.6 is 0 Å². The Morgan fingerprint density at radius 2 is 1.67 bits per heavy atom. The normalized spacial score (nSPS) is 13.9. The molecule has 0 bridgehead atoms. The second-order valence-electron chi connectivity index (χ2n) is 6.90. The number of nitrogens with zero attached hydrogens (tertiary/aromatic N) is 4. The molecular formula is C21H24N6O3. The molecule has 0 radical (unpaired) electrons. The molecule has 1 aromatic heterocycles. The summed E-state index contributed by atoms with van der Waals surface area (Å²) in [5.74, 6) is 2.07. The average molecular weight is 408 g/mol. The number of aromatic nitrogens is 2. The minimum atomic E-state index is -0.114. The summed E-state index contributed by atoms with van der Waals surface area (Å²) in [6.07, 6.45) is 0. The number of urea groups is 1. The maximum atomic E-state index is 12.5. The molecule has 1 fully saturated rings. The second kappa shape index (κ2) is 8.32. The Balaban J connectivity index is 1.48. The largest absolute Gasteiger partial charge is 0.493 e. The number of rotatable bonds is 4. The predicted octanol–water partition coefficient (Wildman–Crippen LogP) is 2.58. The van der Waals surface area contributed by atoms with Gasteiger partial charge in [0, 0.05) is 43.3 Å². The highest BCUT2D eigenvalue weighted by molar-refractivity contribution is 5.92. The van der Waals surface area contributed by atoms with Crippen molar-refractivity contribution in [3.05, 3.63) is 42.5 Å². The lowest BCUT2D eigenvalue weighted by Crippen LogP contribution is -2.50. The van der Waals surface area contributed by atoms with Gasteiger partial charge in [-0.2, -0.15) is 4.98 Å². The fourth-order valence-corrected chi connectivity index (χ4v) is 3.44. The van der Waals surface area contributed by atoms with E-state index < -0.39 is 0 Å². The van der Waals surface area contributed by atoms with Crippen LogP contribution in [0.3, 0.4) is 0 Å². The van der Waals surface area contributed by atoms with Gasteiger partial charge in [0.25, 0.3) is 0 Å². The molecule has 30 heavy (non-hydrogen) atoms. The molecule has 1 aliphatic heterocycles. The summed E-state index contributed by atoms with van der Waals surface area (Å²) in [7, 11) is 3.15. The molecule has 2 aromatic carbocycles. The maximum Gasteiger partial charge on any atom is 0.321 e. The van der Waals surface area contributed by atoms with E-state index in [1.807, 2.05) is 35.2 Å². The highest BCUT2D eigenvalue weighted by Crippen LogP contribution is 2.34. The fourth-order valence-electron chi connectivity index (χ4n) is 3.44. The number of nitrogen functional groups attached to an aromatic ring is 1. The summed E-state index contributed by atoms with van der Waals surface area (Å²) in [5, 5.41) is 3.62. The second-order valence-corrected chi connectivity index (χ2v) is 6.90. The van der Waals surface area contributed by atoms with Crippen LogP contribution in [0, 0.1) is 0 Å². The van der Waals surface area contributed by atoms with Gasteiger partial charge in [-0.1, -0.05) is 18.2 Å². The first-order chi connectivity index (χ1) is 14.6. The number of methoxy groups -OCH3 is 2. The summed E-state index contributed by atoms with van der Waals surface area (Å²) in [5.41, 5.74) is 7.65. The van der Waals surface area contributed by atoms with Gasteiger partial charge in [-0.15, -0.1) is 0 Å². The molecule has 0 spiro atoms. The van der Waals surface area contributed by atoms with Gasteiger partial charge >= 0.3 is 6.03 Å². The number of ether oxygens (including phenoxy) is 2. The molecular weight excluding hydrogens is 384 g/mol. The minimum Gasteiger partial charge on any atom is -0.493 e. The van der Waals surface area contributed by atoms with Crippen LogP contribution in [-0.4, -0.2) is 61.3 Å². The van der Waals surface area contributed by atoms with Crippen LogP contribution in [0.1, 0.15) is 0 Å². The third-order valence-electron chi connectivity index (χ3n) is 5.09. The van der Waals surface area contributed by atoms with Crippen molar-refractivity contribution in [3.8, 4) is 11.5 Å². The third-order valence-corrected chi connectivity index (χ3v) is 5.09. The van der Waals surface area contributed by atoms with Crippen LogP contribution < -0.4 is 25.4 Å². The van der Waals surface area contributed by atoms with Gasteiger partial charge in [0.2, 0.25) is 5.95 Å². The van der Waals surface area contributed by atoms with Crippen molar-refractivity contribution in [3.63, 3.8) is 0 Å². The van der Waals surface area contributed by atoms with Crippen molar-refractivity contribution in [2.75, 3.05) is 56.3 Å². The Bertz CT molecular complexity index is 1050. The summed E-state index contributed by atoms with van der Waals surface area (Å²) < 4.78 is 10.7. The van der Waals surface area contributed by atoms with E-state index in [0.29, 0.717) is 60.3 Å². The van der Waals surface area contributed by atoms with Crippen LogP contribution in [0.4, 0.5) is 22.2 Å². The molecule has 0 saturated carbocycles. The van der Waals surface area contributed by atoms with Crippen molar-refractivity contribution in [2.45, 2.75) is 0 Å². The minimum absolute atomic E-state index is 0.114. The molecule has 0 atom stereocenters. The zero-order valence-electron chi connectivity index (χ0n) is 17.0. The Hall–Kier alpha value is -3.75. The van der Waals surface area contributed by atoms with Gasteiger partial charge < -0.3 is 30.3 Å². The molecule has 9 heteroatoms. The number of nitrogens with two attached hydrogens (primary N) is 1. The smallest absolute Gasteiger partial charge is 0.321 e. The molecule has 9 nitrogen and oxygen atoms in total. The molecule has 2 heterocycles. The lowest BCUT2D eigenvalue weighted by molar-refractivity contribution is 0.208. The first kappa shape index (κ1) is 19.6. The molecule has 0 unspecified atom stereocenters. The van der Waals surface area contributed by atoms with Gasteiger partial charge in [-0.25, -0.2) is 9.78 Å². The molecule has 1 saturated heterocycles. The Morgan fingerprint density at radius 3 is 2.33 bits per heavy atom. The van der Waals surface area contributed by atoms with E-state index in [1.54, 1.807) is 31.3 Å². The number of para-hydroxylation sites is 1. The first-order valence-corrected chi connectivity index (χ1v) is 9.64. The van der Waals surface area contributed by atoms with Crippen LogP contribution in [0.15, 0.2) is 42.5 Å². The Labute approximate surface area is 174 Å². The number of anilines is 3. The number of nitrogens with one attached hydrogen (secondary N) is 1. The van der Waals surface area contributed by atoms with Crippen LogP contribution in [0.25, 0.3) is 10.9 Å². The van der Waals surface area contributed by atoms with Gasteiger partial charge in [-0.05, 0) is 18.2 Å². The van der Waals surface area contributed by atoms with Crippen LogP contribution in [0.2, 0.25) is 0 Å². The van der Waals surface area contributed by atoms with E-state index in [1.165, 1.54) is 0 Å². The number of fused-ring (bicyclic) bond motifs is 1. The van der Waals surface area contributed by atoms with Crippen LogP contribution in [0.5, 0.6) is 11.5 Å². The van der Waals surface area contributed by atoms with E-state index in [9.17, 15) is 4.79 Å². The monoisotopic (exact) mass is 408 g/mol. The number of carbonyl (C=O) groups excluding carboxylic acids is 1. The number of benzene rings is 2. The molecule has 3 N–H and O–H groups in total. The topological polar surface area (TPSA) is 106 Å². The number of carbonyl (C=O) groups is 1.